The summed E-state index contributed by atoms with van der Waals surface area (Å²) in [5.74, 6) is -0.813. The fourth-order valence-corrected chi connectivity index (χ4v) is 2.93. The molecular formula is C20H39NO4. The van der Waals surface area contributed by atoms with E-state index in [0.717, 1.165) is 39.3 Å². The SMILES string of the molecule is CC(=O)O.CCCCCCCCCCCC(=O)OC1CCN(C)CC1. The Morgan fingerprint density at radius 3 is 1.88 bits per heavy atom. The van der Waals surface area contributed by atoms with E-state index in [1.807, 2.05) is 0 Å². The third-order valence-corrected chi connectivity index (χ3v) is 4.45. The fourth-order valence-electron chi connectivity index (χ4n) is 2.93. The molecule has 0 bridgehead atoms. The lowest BCUT2D eigenvalue weighted by Gasteiger charge is -2.28. The first-order valence-electron chi connectivity index (χ1n) is 10.0. The summed E-state index contributed by atoms with van der Waals surface area (Å²) in [6.45, 7) is 5.44. The van der Waals surface area contributed by atoms with Gasteiger partial charge < -0.3 is 14.7 Å². The summed E-state index contributed by atoms with van der Waals surface area (Å²) in [5.41, 5.74) is 0. The molecule has 0 atom stereocenters. The van der Waals surface area contributed by atoms with Crippen LogP contribution in [0.2, 0.25) is 0 Å². The van der Waals surface area contributed by atoms with Crippen LogP contribution in [-0.4, -0.2) is 48.2 Å². The molecule has 0 aromatic heterocycles. The van der Waals surface area contributed by atoms with E-state index in [4.69, 9.17) is 14.6 Å². The van der Waals surface area contributed by atoms with Gasteiger partial charge in [-0.05, 0) is 26.3 Å². The number of rotatable bonds is 11. The number of aliphatic carboxylic acids is 1. The van der Waals surface area contributed by atoms with Crippen LogP contribution in [0, 0.1) is 0 Å². The van der Waals surface area contributed by atoms with Crippen molar-refractivity contribution in [3.05, 3.63) is 0 Å². The molecule has 1 heterocycles. The monoisotopic (exact) mass is 357 g/mol. The Labute approximate surface area is 154 Å². The molecule has 1 rings (SSSR count). The Hall–Kier alpha value is -1.10. The number of hydrogen-bond donors (Lipinski definition) is 1. The van der Waals surface area contributed by atoms with Crippen molar-refractivity contribution in [1.29, 1.82) is 0 Å². The Balaban J connectivity index is 0.00000129. The lowest BCUT2D eigenvalue weighted by atomic mass is 10.1. The maximum absolute atomic E-state index is 11.8. The highest BCUT2D eigenvalue weighted by molar-refractivity contribution is 5.69. The number of ether oxygens (including phenoxy) is 1. The molecule has 0 aromatic carbocycles. The molecule has 1 aliphatic heterocycles. The number of carbonyl (C=O) groups excluding carboxylic acids is 1. The number of carboxylic acid groups (broad SMARTS) is 1. The molecule has 0 aliphatic carbocycles. The number of unbranched alkanes of at least 4 members (excludes halogenated alkanes) is 8. The highest BCUT2D eigenvalue weighted by atomic mass is 16.5. The molecule has 148 valence electrons. The summed E-state index contributed by atoms with van der Waals surface area (Å²) in [5, 5.41) is 7.42. The zero-order chi connectivity index (χ0) is 18.9. The first kappa shape index (κ1) is 23.9. The third kappa shape index (κ3) is 17.5. The van der Waals surface area contributed by atoms with Crippen LogP contribution in [-0.2, 0) is 14.3 Å². The van der Waals surface area contributed by atoms with Crippen LogP contribution in [0.4, 0.5) is 0 Å². The van der Waals surface area contributed by atoms with Gasteiger partial charge in [-0.25, -0.2) is 0 Å². The van der Waals surface area contributed by atoms with E-state index in [2.05, 4.69) is 18.9 Å². The van der Waals surface area contributed by atoms with Gasteiger partial charge in [0, 0.05) is 26.4 Å². The maximum atomic E-state index is 11.8. The van der Waals surface area contributed by atoms with Crippen molar-refractivity contribution in [3.8, 4) is 0 Å². The lowest BCUT2D eigenvalue weighted by molar-refractivity contribution is -0.151. The molecule has 0 spiro atoms. The minimum Gasteiger partial charge on any atom is -0.481 e. The molecule has 1 N–H and O–H groups in total. The van der Waals surface area contributed by atoms with Gasteiger partial charge in [-0.2, -0.15) is 0 Å². The average molecular weight is 358 g/mol. The molecule has 1 fully saturated rings. The van der Waals surface area contributed by atoms with Crippen molar-refractivity contribution in [2.45, 2.75) is 97.0 Å². The standard InChI is InChI=1S/C18H35NO2.C2H4O2/c1-3-4-5-6-7-8-9-10-11-12-18(20)21-17-13-15-19(2)16-14-17;1-2(3)4/h17H,3-16H2,1-2H3;1H3,(H,3,4). The number of nitrogens with zero attached hydrogens (tertiary/aromatic N) is 1. The summed E-state index contributed by atoms with van der Waals surface area (Å²) in [6.07, 6.45) is 14.4. The predicted octanol–water partition coefficient (Wildman–Crippen LogP) is 4.64. The Kier molecular flexibility index (Phi) is 15.7. The van der Waals surface area contributed by atoms with Gasteiger partial charge in [0.25, 0.3) is 5.97 Å². The number of likely N-dealkylation sites (tertiary alicyclic amines) is 1. The predicted molar refractivity (Wildman–Crippen MR) is 102 cm³/mol. The molecule has 0 radical (unpaired) electrons. The van der Waals surface area contributed by atoms with E-state index in [1.54, 1.807) is 0 Å². The summed E-state index contributed by atoms with van der Waals surface area (Å²) in [4.78, 5) is 23.1. The van der Waals surface area contributed by atoms with Gasteiger partial charge in [0.15, 0.2) is 0 Å². The van der Waals surface area contributed by atoms with Gasteiger partial charge in [-0.15, -0.1) is 0 Å². The molecule has 0 aromatic rings. The van der Waals surface area contributed by atoms with E-state index < -0.39 is 5.97 Å². The summed E-state index contributed by atoms with van der Waals surface area (Å²) < 4.78 is 5.55. The highest BCUT2D eigenvalue weighted by Gasteiger charge is 2.19. The maximum Gasteiger partial charge on any atom is 0.306 e. The second-order valence-electron chi connectivity index (χ2n) is 7.09. The van der Waals surface area contributed by atoms with E-state index in [1.165, 1.54) is 51.4 Å². The molecule has 1 aliphatic rings. The first-order chi connectivity index (χ1) is 12.0. The van der Waals surface area contributed by atoms with Crippen molar-refractivity contribution in [2.24, 2.45) is 0 Å². The van der Waals surface area contributed by atoms with Gasteiger partial charge in [-0.3, -0.25) is 9.59 Å². The van der Waals surface area contributed by atoms with E-state index in [-0.39, 0.29) is 12.1 Å². The van der Waals surface area contributed by atoms with Crippen LogP contribution in [0.15, 0.2) is 0 Å². The molecule has 1 saturated heterocycles. The molecular weight excluding hydrogens is 318 g/mol. The minimum absolute atomic E-state index is 0.0208. The topological polar surface area (TPSA) is 66.8 Å². The normalized spacial score (nSPS) is 15.3. The van der Waals surface area contributed by atoms with Gasteiger partial charge in [0.2, 0.25) is 0 Å². The van der Waals surface area contributed by atoms with Gasteiger partial charge in [-0.1, -0.05) is 58.3 Å². The second kappa shape index (κ2) is 16.4. The quantitative estimate of drug-likeness (QED) is 0.431. The lowest BCUT2D eigenvalue weighted by Crippen LogP contribution is -2.35. The van der Waals surface area contributed by atoms with Crippen LogP contribution in [0.25, 0.3) is 0 Å². The van der Waals surface area contributed by atoms with E-state index in [9.17, 15) is 4.79 Å². The van der Waals surface area contributed by atoms with Gasteiger partial charge in [0.1, 0.15) is 6.10 Å². The van der Waals surface area contributed by atoms with Crippen LogP contribution in [0.5, 0.6) is 0 Å². The summed E-state index contributed by atoms with van der Waals surface area (Å²) in [7, 11) is 2.13. The number of esters is 1. The zero-order valence-corrected chi connectivity index (χ0v) is 16.6. The third-order valence-electron chi connectivity index (χ3n) is 4.45. The number of carboxylic acids is 1. The van der Waals surface area contributed by atoms with Gasteiger partial charge in [0.05, 0.1) is 0 Å². The number of piperidine rings is 1. The number of carbonyl (C=O) groups is 2. The molecule has 5 nitrogen and oxygen atoms in total. The second-order valence-corrected chi connectivity index (χ2v) is 7.09. The van der Waals surface area contributed by atoms with E-state index in [0.29, 0.717) is 6.42 Å². The van der Waals surface area contributed by atoms with Crippen molar-refractivity contribution >= 4 is 11.9 Å². The largest absolute Gasteiger partial charge is 0.481 e. The van der Waals surface area contributed by atoms with E-state index >= 15 is 0 Å². The zero-order valence-electron chi connectivity index (χ0n) is 16.6. The fraction of sp³-hybridized carbons (Fsp3) is 0.900. The Morgan fingerprint density at radius 2 is 1.40 bits per heavy atom. The van der Waals surface area contributed by atoms with Crippen molar-refractivity contribution < 1.29 is 19.4 Å². The average Bonchev–Trinajstić information content (AvgIpc) is 2.55. The minimum atomic E-state index is -0.833. The van der Waals surface area contributed by atoms with Crippen LogP contribution in [0.1, 0.15) is 90.9 Å². The summed E-state index contributed by atoms with van der Waals surface area (Å²) in [6, 6.07) is 0. The molecule has 25 heavy (non-hydrogen) atoms. The van der Waals surface area contributed by atoms with Crippen LogP contribution >= 0.6 is 0 Å². The van der Waals surface area contributed by atoms with Crippen LogP contribution < -0.4 is 0 Å². The van der Waals surface area contributed by atoms with Crippen molar-refractivity contribution in [2.75, 3.05) is 20.1 Å². The smallest absolute Gasteiger partial charge is 0.306 e. The Morgan fingerprint density at radius 1 is 0.960 bits per heavy atom. The van der Waals surface area contributed by atoms with Crippen molar-refractivity contribution in [1.82, 2.24) is 4.90 Å². The number of hydrogen-bond acceptors (Lipinski definition) is 4. The highest BCUT2D eigenvalue weighted by Crippen LogP contribution is 2.14. The van der Waals surface area contributed by atoms with Crippen LogP contribution in [0.3, 0.4) is 0 Å². The first-order valence-corrected chi connectivity index (χ1v) is 10.0. The molecule has 5 heteroatoms. The molecule has 0 unspecified atom stereocenters. The molecule has 0 saturated carbocycles. The molecule has 0 amide bonds. The van der Waals surface area contributed by atoms with Gasteiger partial charge >= 0.3 is 5.97 Å². The Bertz CT molecular complexity index is 335. The summed E-state index contributed by atoms with van der Waals surface area (Å²) >= 11 is 0. The van der Waals surface area contributed by atoms with Crippen molar-refractivity contribution in [3.63, 3.8) is 0 Å².